The molecule has 0 saturated carbocycles. The van der Waals surface area contributed by atoms with Crippen LogP contribution in [0.15, 0.2) is 54.7 Å². The zero-order valence-electron chi connectivity index (χ0n) is 17.8. The van der Waals surface area contributed by atoms with E-state index in [9.17, 15) is 4.79 Å². The Bertz CT molecular complexity index is 991. The maximum Gasteiger partial charge on any atom is 0.224 e. The van der Waals surface area contributed by atoms with Crippen LogP contribution in [-0.4, -0.2) is 66.4 Å². The molecule has 31 heavy (non-hydrogen) atoms. The average molecular weight is 422 g/mol. The molecule has 0 aliphatic carbocycles. The molecule has 3 aromatic rings. The Morgan fingerprint density at radius 3 is 2.84 bits per heavy atom. The van der Waals surface area contributed by atoms with E-state index in [1.807, 2.05) is 60.5 Å². The summed E-state index contributed by atoms with van der Waals surface area (Å²) in [7, 11) is 3.64. The highest BCUT2D eigenvalue weighted by Gasteiger charge is 2.26. The molecule has 1 fully saturated rings. The summed E-state index contributed by atoms with van der Waals surface area (Å²) in [5.41, 5.74) is 3.53. The number of anilines is 1. The van der Waals surface area contributed by atoms with Gasteiger partial charge in [-0.1, -0.05) is 6.07 Å². The van der Waals surface area contributed by atoms with Crippen molar-refractivity contribution in [2.75, 3.05) is 45.3 Å². The third kappa shape index (κ3) is 5.03. The fraction of sp³-hybridized carbons (Fsp3) is 0.348. The summed E-state index contributed by atoms with van der Waals surface area (Å²) in [4.78, 5) is 21.5. The van der Waals surface area contributed by atoms with Gasteiger partial charge in [0.25, 0.3) is 0 Å². The molecule has 4 rings (SSSR count). The lowest BCUT2D eigenvalue weighted by atomic mass is 10.1. The van der Waals surface area contributed by atoms with E-state index in [2.05, 4.69) is 15.1 Å². The molecule has 0 unspecified atom stereocenters. The Labute approximate surface area is 181 Å². The molecular weight excluding hydrogens is 394 g/mol. The quantitative estimate of drug-likeness (QED) is 0.632. The van der Waals surface area contributed by atoms with Crippen LogP contribution in [0.2, 0.25) is 0 Å². The van der Waals surface area contributed by atoms with Crippen LogP contribution in [0.3, 0.4) is 0 Å². The molecule has 0 radical (unpaired) electrons. The van der Waals surface area contributed by atoms with Crippen LogP contribution in [-0.2, 0) is 9.53 Å². The number of carbonyl (C=O) groups excluding carboxylic acids is 1. The largest absolute Gasteiger partial charge is 0.497 e. The highest BCUT2D eigenvalue weighted by Crippen LogP contribution is 2.24. The number of aromatic nitrogens is 3. The number of nitrogens with one attached hydrogen (secondary N) is 1. The SMILES string of the molecule is COc1ccc(N(C)CCC(=O)N2CCO[C@H](c3cccc(-c4ccn[nH]4)n3)C2)cc1. The van der Waals surface area contributed by atoms with E-state index >= 15 is 0 Å². The minimum absolute atomic E-state index is 0.124. The number of rotatable bonds is 7. The number of H-pyrrole nitrogens is 1. The van der Waals surface area contributed by atoms with Crippen molar-refractivity contribution in [3.05, 3.63) is 60.4 Å². The second kappa shape index (κ2) is 9.61. The van der Waals surface area contributed by atoms with Gasteiger partial charge in [-0.05, 0) is 42.5 Å². The number of morpholine rings is 1. The number of aromatic amines is 1. The van der Waals surface area contributed by atoms with Crippen LogP contribution in [0.4, 0.5) is 5.69 Å². The number of amides is 1. The van der Waals surface area contributed by atoms with Gasteiger partial charge in [0.2, 0.25) is 5.91 Å². The zero-order valence-corrected chi connectivity index (χ0v) is 17.8. The molecule has 1 amide bonds. The van der Waals surface area contributed by atoms with Crippen molar-refractivity contribution in [3.63, 3.8) is 0 Å². The summed E-state index contributed by atoms with van der Waals surface area (Å²) >= 11 is 0. The van der Waals surface area contributed by atoms with E-state index in [1.54, 1.807) is 13.3 Å². The van der Waals surface area contributed by atoms with E-state index in [0.29, 0.717) is 32.7 Å². The predicted molar refractivity (Wildman–Crippen MR) is 118 cm³/mol. The normalized spacial score (nSPS) is 16.2. The van der Waals surface area contributed by atoms with Crippen LogP contribution < -0.4 is 9.64 Å². The number of ether oxygens (including phenoxy) is 2. The Balaban J connectivity index is 1.35. The van der Waals surface area contributed by atoms with Gasteiger partial charge in [-0.25, -0.2) is 4.98 Å². The number of pyridine rings is 1. The second-order valence-electron chi connectivity index (χ2n) is 7.49. The van der Waals surface area contributed by atoms with Crippen LogP contribution in [0.25, 0.3) is 11.4 Å². The summed E-state index contributed by atoms with van der Waals surface area (Å²) in [6.07, 6.45) is 1.90. The number of hydrogen-bond donors (Lipinski definition) is 1. The number of carbonyl (C=O) groups is 1. The van der Waals surface area contributed by atoms with Crippen molar-refractivity contribution in [1.29, 1.82) is 0 Å². The van der Waals surface area contributed by atoms with Crippen LogP contribution >= 0.6 is 0 Å². The van der Waals surface area contributed by atoms with Crippen LogP contribution in [0, 0.1) is 0 Å². The fourth-order valence-corrected chi connectivity index (χ4v) is 3.62. The number of nitrogens with zero attached hydrogens (tertiary/aromatic N) is 4. The third-order valence-corrected chi connectivity index (χ3v) is 5.47. The van der Waals surface area contributed by atoms with Gasteiger partial charge in [0.1, 0.15) is 11.9 Å². The molecule has 2 aromatic heterocycles. The molecule has 1 aliphatic rings. The van der Waals surface area contributed by atoms with Crippen molar-refractivity contribution in [2.24, 2.45) is 0 Å². The summed E-state index contributed by atoms with van der Waals surface area (Å²) < 4.78 is 11.1. The molecule has 1 N–H and O–H groups in total. The minimum atomic E-state index is -0.236. The summed E-state index contributed by atoms with van der Waals surface area (Å²) in [6, 6.07) is 15.5. The lowest BCUT2D eigenvalue weighted by Gasteiger charge is -2.33. The van der Waals surface area contributed by atoms with Gasteiger partial charge in [0.15, 0.2) is 0 Å². The molecule has 1 saturated heterocycles. The lowest BCUT2D eigenvalue weighted by Crippen LogP contribution is -2.43. The molecule has 1 aliphatic heterocycles. The average Bonchev–Trinajstić information content (AvgIpc) is 3.38. The van der Waals surface area contributed by atoms with E-state index in [-0.39, 0.29) is 12.0 Å². The zero-order chi connectivity index (χ0) is 21.6. The molecule has 1 aromatic carbocycles. The Kier molecular flexibility index (Phi) is 6.47. The molecule has 0 spiro atoms. The third-order valence-electron chi connectivity index (χ3n) is 5.47. The first kappa shape index (κ1) is 20.9. The Morgan fingerprint density at radius 2 is 2.10 bits per heavy atom. The van der Waals surface area contributed by atoms with Crippen molar-refractivity contribution in [1.82, 2.24) is 20.1 Å². The molecule has 3 heterocycles. The Morgan fingerprint density at radius 1 is 1.26 bits per heavy atom. The van der Waals surface area contributed by atoms with Gasteiger partial charge >= 0.3 is 0 Å². The smallest absolute Gasteiger partial charge is 0.224 e. The Hall–Kier alpha value is -3.39. The van der Waals surface area contributed by atoms with Gasteiger partial charge in [0, 0.05) is 38.4 Å². The van der Waals surface area contributed by atoms with E-state index < -0.39 is 0 Å². The van der Waals surface area contributed by atoms with Crippen LogP contribution in [0.1, 0.15) is 18.2 Å². The minimum Gasteiger partial charge on any atom is -0.497 e. The second-order valence-corrected chi connectivity index (χ2v) is 7.49. The van der Waals surface area contributed by atoms with Crippen molar-refractivity contribution in [2.45, 2.75) is 12.5 Å². The molecule has 162 valence electrons. The monoisotopic (exact) mass is 421 g/mol. The summed E-state index contributed by atoms with van der Waals surface area (Å²) in [6.45, 7) is 2.24. The van der Waals surface area contributed by atoms with Gasteiger partial charge in [-0.15, -0.1) is 0 Å². The van der Waals surface area contributed by atoms with E-state index in [1.165, 1.54) is 0 Å². The predicted octanol–water partition coefficient (Wildman–Crippen LogP) is 2.91. The fourth-order valence-electron chi connectivity index (χ4n) is 3.62. The topological polar surface area (TPSA) is 83.6 Å². The highest BCUT2D eigenvalue weighted by atomic mass is 16.5. The number of methoxy groups -OCH3 is 1. The van der Waals surface area contributed by atoms with Gasteiger partial charge in [0.05, 0.1) is 37.3 Å². The standard InChI is InChI=1S/C23H27N5O3/c1-27(17-6-8-18(30-2)9-7-17)13-11-23(29)28-14-15-31-22(16-28)21-5-3-4-19(25-21)20-10-12-24-26-20/h3-10,12,22H,11,13-16H2,1-2H3,(H,24,26)/t22-/m0/s1. The first-order chi connectivity index (χ1) is 15.1. The van der Waals surface area contributed by atoms with E-state index in [0.717, 1.165) is 28.5 Å². The van der Waals surface area contributed by atoms with Gasteiger partial charge < -0.3 is 19.3 Å². The molecule has 1 atom stereocenters. The van der Waals surface area contributed by atoms with Crippen molar-refractivity contribution < 1.29 is 14.3 Å². The summed E-state index contributed by atoms with van der Waals surface area (Å²) in [5, 5.41) is 6.91. The molecular formula is C23H27N5O3. The highest BCUT2D eigenvalue weighted by molar-refractivity contribution is 5.77. The maximum absolute atomic E-state index is 12.9. The number of benzene rings is 1. The first-order valence-electron chi connectivity index (χ1n) is 10.4. The van der Waals surface area contributed by atoms with E-state index in [4.69, 9.17) is 14.5 Å². The first-order valence-corrected chi connectivity index (χ1v) is 10.4. The molecule has 8 nitrogen and oxygen atoms in total. The van der Waals surface area contributed by atoms with Crippen LogP contribution in [0.5, 0.6) is 5.75 Å². The molecule has 0 bridgehead atoms. The van der Waals surface area contributed by atoms with Gasteiger partial charge in [-0.2, -0.15) is 5.10 Å². The van der Waals surface area contributed by atoms with Crippen molar-refractivity contribution >= 4 is 11.6 Å². The number of hydrogen-bond acceptors (Lipinski definition) is 6. The summed E-state index contributed by atoms with van der Waals surface area (Å²) in [5.74, 6) is 0.941. The van der Waals surface area contributed by atoms with Crippen molar-refractivity contribution in [3.8, 4) is 17.1 Å². The lowest BCUT2D eigenvalue weighted by molar-refractivity contribution is -0.138. The van der Waals surface area contributed by atoms with Gasteiger partial charge in [-0.3, -0.25) is 9.89 Å². The molecule has 8 heteroatoms. The maximum atomic E-state index is 12.9.